The Balaban J connectivity index is 1.40. The molecule has 1 amide bonds. The molecule has 1 aliphatic heterocycles. The van der Waals surface area contributed by atoms with Gasteiger partial charge in [-0.15, -0.1) is 11.8 Å². The molecule has 31 heavy (non-hydrogen) atoms. The van der Waals surface area contributed by atoms with Crippen molar-refractivity contribution in [2.24, 2.45) is 0 Å². The highest BCUT2D eigenvalue weighted by molar-refractivity contribution is 8.00. The van der Waals surface area contributed by atoms with Crippen molar-refractivity contribution in [1.82, 2.24) is 15.0 Å². The summed E-state index contributed by atoms with van der Waals surface area (Å²) < 4.78 is 18.3. The second-order valence-electron chi connectivity index (χ2n) is 6.46. The van der Waals surface area contributed by atoms with Crippen molar-refractivity contribution in [2.75, 3.05) is 28.2 Å². The van der Waals surface area contributed by atoms with Crippen LogP contribution in [0.2, 0.25) is 0 Å². The van der Waals surface area contributed by atoms with Crippen LogP contribution in [0.15, 0.2) is 53.4 Å². The van der Waals surface area contributed by atoms with Crippen LogP contribution >= 0.6 is 11.8 Å². The highest BCUT2D eigenvalue weighted by atomic mass is 32.2. The first-order chi connectivity index (χ1) is 15.0. The fourth-order valence-electron chi connectivity index (χ4n) is 2.87. The first-order valence-corrected chi connectivity index (χ1v) is 10.2. The number of ether oxygens (including phenoxy) is 1. The molecular weight excluding hydrogens is 423 g/mol. The van der Waals surface area contributed by atoms with Gasteiger partial charge in [-0.25, -0.2) is 4.39 Å². The Morgan fingerprint density at radius 1 is 1.16 bits per heavy atom. The minimum absolute atomic E-state index is 0.0668. The second kappa shape index (κ2) is 8.96. The number of hydrogen-bond acceptors (Lipinski definition) is 9. The Morgan fingerprint density at radius 2 is 1.94 bits per heavy atom. The Morgan fingerprint density at radius 3 is 2.74 bits per heavy atom. The topological polar surface area (TPSA) is 123 Å². The van der Waals surface area contributed by atoms with Gasteiger partial charge in [-0.1, -0.05) is 12.1 Å². The fourth-order valence-corrected chi connectivity index (χ4v) is 3.80. The van der Waals surface area contributed by atoms with Gasteiger partial charge in [-0.3, -0.25) is 14.5 Å². The molecule has 3 N–H and O–H groups in total. The van der Waals surface area contributed by atoms with E-state index in [2.05, 4.69) is 20.3 Å². The lowest BCUT2D eigenvalue weighted by atomic mass is 10.2. The van der Waals surface area contributed by atoms with Crippen LogP contribution in [-0.4, -0.2) is 39.1 Å². The molecule has 158 valence electrons. The summed E-state index contributed by atoms with van der Waals surface area (Å²) in [6, 6.07) is 13.0. The van der Waals surface area contributed by atoms with Crippen LogP contribution in [0.5, 0.6) is 0 Å². The van der Waals surface area contributed by atoms with Crippen LogP contribution in [0, 0.1) is 5.82 Å². The lowest BCUT2D eigenvalue weighted by molar-refractivity contribution is -0.144. The van der Waals surface area contributed by atoms with E-state index in [0.29, 0.717) is 11.4 Å². The summed E-state index contributed by atoms with van der Waals surface area (Å²) in [7, 11) is 0. The lowest BCUT2D eigenvalue weighted by Crippen LogP contribution is -2.39. The van der Waals surface area contributed by atoms with Crippen molar-refractivity contribution in [2.45, 2.75) is 11.5 Å². The molecule has 0 atom stereocenters. The largest absolute Gasteiger partial charge is 0.456 e. The highest BCUT2D eigenvalue weighted by Gasteiger charge is 2.26. The van der Waals surface area contributed by atoms with Crippen LogP contribution in [0.25, 0.3) is 0 Å². The van der Waals surface area contributed by atoms with E-state index in [9.17, 15) is 14.0 Å². The predicted molar refractivity (Wildman–Crippen MR) is 113 cm³/mol. The van der Waals surface area contributed by atoms with E-state index in [1.807, 2.05) is 12.1 Å². The average molecular weight is 440 g/mol. The van der Waals surface area contributed by atoms with Gasteiger partial charge in [-0.2, -0.15) is 15.0 Å². The van der Waals surface area contributed by atoms with E-state index in [1.165, 1.54) is 40.9 Å². The number of hydrogen-bond donors (Lipinski definition) is 2. The smallest absolute Gasteiger partial charge is 0.326 e. The number of anilines is 4. The summed E-state index contributed by atoms with van der Waals surface area (Å²) in [5.74, 6) is -0.705. The van der Waals surface area contributed by atoms with Crippen LogP contribution in [0.4, 0.5) is 27.7 Å². The zero-order valence-electron chi connectivity index (χ0n) is 16.1. The van der Waals surface area contributed by atoms with E-state index in [4.69, 9.17) is 10.5 Å². The van der Waals surface area contributed by atoms with Gasteiger partial charge in [0.2, 0.25) is 17.8 Å². The van der Waals surface area contributed by atoms with Crippen LogP contribution < -0.4 is 16.0 Å². The summed E-state index contributed by atoms with van der Waals surface area (Å²) in [5.41, 5.74) is 6.93. The van der Waals surface area contributed by atoms with Crippen LogP contribution in [0.1, 0.15) is 5.82 Å². The van der Waals surface area contributed by atoms with Gasteiger partial charge in [0.05, 0.1) is 11.4 Å². The minimum atomic E-state index is -0.609. The number of fused-ring (bicyclic) bond motifs is 1. The van der Waals surface area contributed by atoms with Crippen LogP contribution in [-0.2, 0) is 20.9 Å². The lowest BCUT2D eigenvalue weighted by Gasteiger charge is -2.27. The number of nitrogens with two attached hydrogens (primary N) is 1. The third kappa shape index (κ3) is 5.07. The molecule has 0 bridgehead atoms. The molecule has 9 nitrogen and oxygen atoms in total. The summed E-state index contributed by atoms with van der Waals surface area (Å²) in [6.07, 6.45) is 0. The molecule has 2 heterocycles. The number of esters is 1. The summed E-state index contributed by atoms with van der Waals surface area (Å²) in [4.78, 5) is 39.0. The number of amides is 1. The molecule has 1 aliphatic rings. The molecule has 3 aromatic rings. The van der Waals surface area contributed by atoms with E-state index in [1.54, 1.807) is 12.1 Å². The number of nitrogens with zero attached hydrogens (tertiary/aromatic N) is 4. The number of nitrogens with one attached hydrogen (secondary N) is 1. The molecule has 0 unspecified atom stereocenters. The number of nitrogen functional groups attached to an aromatic ring is 1. The Hall–Kier alpha value is -3.73. The number of aromatic nitrogens is 3. The van der Waals surface area contributed by atoms with Crippen molar-refractivity contribution >= 4 is 46.9 Å². The number of carbonyl (C=O) groups excluding carboxylic acids is 2. The quantitative estimate of drug-likeness (QED) is 0.557. The fraction of sp³-hybridized carbons (Fsp3) is 0.150. The normalized spacial score (nSPS) is 12.9. The number of rotatable bonds is 6. The monoisotopic (exact) mass is 440 g/mol. The SMILES string of the molecule is Nc1nc(COC(=O)CN2C(=O)CSc3ccccc32)nc(Nc2ccc(F)cc2)n1. The van der Waals surface area contributed by atoms with Crippen LogP contribution in [0.3, 0.4) is 0 Å². The molecule has 0 radical (unpaired) electrons. The second-order valence-corrected chi connectivity index (χ2v) is 7.48. The standard InChI is InChI=1S/C20H17FN6O3S/c21-12-5-7-13(8-6-12)23-20-25-16(24-19(22)26-20)10-30-18(29)9-27-14-3-1-2-4-15(14)31-11-17(27)28/h1-8H,9-11H2,(H3,22,23,24,25,26). The van der Waals surface area contributed by atoms with Gasteiger partial charge in [0.15, 0.2) is 12.4 Å². The van der Waals surface area contributed by atoms with Crippen molar-refractivity contribution in [3.63, 3.8) is 0 Å². The van der Waals surface area contributed by atoms with Gasteiger partial charge in [-0.05, 0) is 36.4 Å². The number of halogens is 1. The van der Waals surface area contributed by atoms with Crippen molar-refractivity contribution in [1.29, 1.82) is 0 Å². The third-order valence-corrected chi connectivity index (χ3v) is 5.30. The average Bonchev–Trinajstić information content (AvgIpc) is 2.76. The predicted octanol–water partition coefficient (Wildman–Crippen LogP) is 2.52. The molecule has 1 aromatic heterocycles. The Labute approximate surface area is 180 Å². The van der Waals surface area contributed by atoms with E-state index in [-0.39, 0.29) is 48.3 Å². The molecule has 11 heteroatoms. The maximum Gasteiger partial charge on any atom is 0.326 e. The molecule has 0 fully saturated rings. The van der Waals surface area contributed by atoms with Gasteiger partial charge in [0.1, 0.15) is 12.4 Å². The summed E-state index contributed by atoms with van der Waals surface area (Å²) in [6.45, 7) is -0.472. The van der Waals surface area contributed by atoms with E-state index < -0.39 is 5.97 Å². The van der Waals surface area contributed by atoms with Crippen molar-refractivity contribution in [3.05, 3.63) is 60.2 Å². The minimum Gasteiger partial charge on any atom is -0.456 e. The molecule has 2 aromatic carbocycles. The van der Waals surface area contributed by atoms with E-state index >= 15 is 0 Å². The maximum atomic E-state index is 13.0. The molecule has 0 spiro atoms. The first kappa shape index (κ1) is 20.5. The molecule has 0 saturated carbocycles. The van der Waals surface area contributed by atoms with Crippen molar-refractivity contribution in [3.8, 4) is 0 Å². The number of para-hydroxylation sites is 1. The van der Waals surface area contributed by atoms with Gasteiger partial charge < -0.3 is 15.8 Å². The molecule has 4 rings (SSSR count). The number of carbonyl (C=O) groups is 2. The van der Waals surface area contributed by atoms with Crippen molar-refractivity contribution < 1.29 is 18.7 Å². The zero-order valence-corrected chi connectivity index (χ0v) is 16.9. The zero-order chi connectivity index (χ0) is 21.8. The molecule has 0 aliphatic carbocycles. The highest BCUT2D eigenvalue weighted by Crippen LogP contribution is 2.34. The third-order valence-electron chi connectivity index (χ3n) is 4.26. The van der Waals surface area contributed by atoms with Gasteiger partial charge >= 0.3 is 5.97 Å². The molecular formula is C20H17FN6O3S. The molecule has 0 saturated heterocycles. The Kier molecular flexibility index (Phi) is 5.94. The Bertz CT molecular complexity index is 1130. The first-order valence-electron chi connectivity index (χ1n) is 9.19. The number of thioether (sulfide) groups is 1. The van der Waals surface area contributed by atoms with E-state index in [0.717, 1.165) is 4.90 Å². The number of benzene rings is 2. The summed E-state index contributed by atoms with van der Waals surface area (Å²) in [5, 5.41) is 2.88. The maximum absolute atomic E-state index is 13.0. The summed E-state index contributed by atoms with van der Waals surface area (Å²) >= 11 is 1.43. The van der Waals surface area contributed by atoms with Gasteiger partial charge in [0.25, 0.3) is 0 Å². The van der Waals surface area contributed by atoms with Gasteiger partial charge in [0, 0.05) is 10.6 Å².